The number of rotatable bonds is 2. The van der Waals surface area contributed by atoms with Gasteiger partial charge in [0.25, 0.3) is 0 Å². The molecule has 0 spiro atoms. The van der Waals surface area contributed by atoms with Crippen molar-refractivity contribution >= 4 is 11.8 Å². The average Bonchev–Trinajstić information content (AvgIpc) is 2.23. The van der Waals surface area contributed by atoms with Crippen molar-refractivity contribution in [2.45, 2.75) is 24.7 Å². The summed E-state index contributed by atoms with van der Waals surface area (Å²) in [4.78, 5) is 0. The van der Waals surface area contributed by atoms with Gasteiger partial charge in [0, 0.05) is 0 Å². The molecule has 1 atom stereocenters. The fourth-order valence-electron chi connectivity index (χ4n) is 1.48. The van der Waals surface area contributed by atoms with Crippen LogP contribution in [0.4, 0.5) is 0 Å². The number of hydrogen-bond donors (Lipinski definition) is 1. The first-order valence-corrected chi connectivity index (χ1v) is 5.97. The van der Waals surface area contributed by atoms with Crippen molar-refractivity contribution in [2.75, 3.05) is 5.75 Å². The molecule has 2 rings (SSSR count). The molecular formula is C11H14O2S. The Kier molecular flexibility index (Phi) is 3.19. The van der Waals surface area contributed by atoms with E-state index in [9.17, 15) is 0 Å². The van der Waals surface area contributed by atoms with Gasteiger partial charge in [0.15, 0.2) is 0 Å². The van der Waals surface area contributed by atoms with Gasteiger partial charge in [-0.25, -0.2) is 0 Å². The number of aromatic hydroxyl groups is 1. The van der Waals surface area contributed by atoms with Crippen LogP contribution < -0.4 is 4.74 Å². The fraction of sp³-hybridized carbons (Fsp3) is 0.455. The highest BCUT2D eigenvalue weighted by atomic mass is 32.2. The molecule has 0 amide bonds. The van der Waals surface area contributed by atoms with Crippen LogP contribution in [-0.4, -0.2) is 16.3 Å². The van der Waals surface area contributed by atoms with Crippen LogP contribution in [0.2, 0.25) is 0 Å². The largest absolute Gasteiger partial charge is 0.508 e. The van der Waals surface area contributed by atoms with Gasteiger partial charge in [-0.3, -0.25) is 0 Å². The first kappa shape index (κ1) is 9.71. The quantitative estimate of drug-likeness (QED) is 0.813. The average molecular weight is 210 g/mol. The van der Waals surface area contributed by atoms with Crippen LogP contribution >= 0.6 is 11.8 Å². The lowest BCUT2D eigenvalue weighted by molar-refractivity contribution is 0.268. The van der Waals surface area contributed by atoms with Crippen molar-refractivity contribution in [2.24, 2.45) is 0 Å². The normalized spacial score (nSPS) is 21.9. The van der Waals surface area contributed by atoms with Crippen molar-refractivity contribution in [3.8, 4) is 11.5 Å². The fourth-order valence-corrected chi connectivity index (χ4v) is 2.63. The van der Waals surface area contributed by atoms with Crippen LogP contribution in [0.25, 0.3) is 0 Å². The highest BCUT2D eigenvalue weighted by Crippen LogP contribution is 2.28. The zero-order chi connectivity index (χ0) is 9.80. The second-order valence-corrected chi connectivity index (χ2v) is 4.68. The number of phenols is 1. The van der Waals surface area contributed by atoms with E-state index < -0.39 is 0 Å². The molecule has 14 heavy (non-hydrogen) atoms. The molecule has 1 N–H and O–H groups in total. The van der Waals surface area contributed by atoms with Crippen LogP contribution in [-0.2, 0) is 0 Å². The van der Waals surface area contributed by atoms with E-state index in [2.05, 4.69) is 0 Å². The SMILES string of the molecule is Oc1ccc(O[C@H]2CCCCS2)cc1. The maximum Gasteiger partial charge on any atom is 0.144 e. The molecule has 1 fully saturated rings. The Morgan fingerprint density at radius 1 is 1.21 bits per heavy atom. The summed E-state index contributed by atoms with van der Waals surface area (Å²) in [5, 5.41) is 9.10. The number of phenolic OH excluding ortho intramolecular Hbond substituents is 1. The van der Waals surface area contributed by atoms with Gasteiger partial charge in [-0.05, 0) is 49.3 Å². The summed E-state index contributed by atoms with van der Waals surface area (Å²) < 4.78 is 5.76. The second kappa shape index (κ2) is 4.60. The standard InChI is InChI=1S/C11H14O2S/c12-9-4-6-10(7-5-9)13-11-3-1-2-8-14-11/h4-7,11-12H,1-3,8H2/t11-/m1/s1. The van der Waals surface area contributed by atoms with Gasteiger partial charge in [-0.15, -0.1) is 11.8 Å². The Bertz CT molecular complexity index is 278. The van der Waals surface area contributed by atoms with Crippen molar-refractivity contribution < 1.29 is 9.84 Å². The molecule has 1 aliphatic rings. The molecule has 1 heterocycles. The van der Waals surface area contributed by atoms with Crippen LogP contribution in [0.15, 0.2) is 24.3 Å². The smallest absolute Gasteiger partial charge is 0.144 e. The summed E-state index contributed by atoms with van der Waals surface area (Å²) in [7, 11) is 0. The third-order valence-electron chi connectivity index (χ3n) is 2.24. The van der Waals surface area contributed by atoms with Crippen LogP contribution in [0, 0.1) is 0 Å². The topological polar surface area (TPSA) is 29.5 Å². The molecule has 0 aromatic heterocycles. The van der Waals surface area contributed by atoms with E-state index in [-0.39, 0.29) is 5.75 Å². The molecule has 0 bridgehead atoms. The lowest BCUT2D eigenvalue weighted by Crippen LogP contribution is -2.16. The molecule has 2 nitrogen and oxygen atoms in total. The minimum atomic E-state index is 0.286. The van der Waals surface area contributed by atoms with Gasteiger partial charge < -0.3 is 9.84 Å². The molecule has 1 aromatic carbocycles. The zero-order valence-electron chi connectivity index (χ0n) is 7.98. The number of thioether (sulfide) groups is 1. The van der Waals surface area contributed by atoms with Gasteiger partial charge in [-0.1, -0.05) is 0 Å². The van der Waals surface area contributed by atoms with Crippen LogP contribution in [0.5, 0.6) is 11.5 Å². The van der Waals surface area contributed by atoms with E-state index in [0.29, 0.717) is 5.44 Å². The highest BCUT2D eigenvalue weighted by Gasteiger charge is 2.14. The Balaban J connectivity index is 1.92. The molecule has 1 saturated heterocycles. The lowest BCUT2D eigenvalue weighted by atomic mass is 10.2. The molecule has 0 radical (unpaired) electrons. The molecule has 0 saturated carbocycles. The first-order valence-electron chi connectivity index (χ1n) is 4.92. The summed E-state index contributed by atoms with van der Waals surface area (Å²) in [6.07, 6.45) is 3.70. The molecule has 3 heteroatoms. The summed E-state index contributed by atoms with van der Waals surface area (Å²) >= 11 is 1.88. The van der Waals surface area contributed by atoms with Crippen molar-refractivity contribution in [3.05, 3.63) is 24.3 Å². The Morgan fingerprint density at radius 2 is 2.00 bits per heavy atom. The van der Waals surface area contributed by atoms with Crippen LogP contribution in [0.1, 0.15) is 19.3 Å². The van der Waals surface area contributed by atoms with Gasteiger partial charge >= 0.3 is 0 Å². The predicted octanol–water partition coefficient (Wildman–Crippen LogP) is 3.01. The minimum absolute atomic E-state index is 0.286. The van der Waals surface area contributed by atoms with E-state index in [1.165, 1.54) is 18.6 Å². The van der Waals surface area contributed by atoms with E-state index in [1.54, 1.807) is 12.1 Å². The maximum atomic E-state index is 9.10. The molecule has 1 aromatic rings. The molecule has 76 valence electrons. The van der Waals surface area contributed by atoms with Gasteiger partial charge in [0.1, 0.15) is 16.9 Å². The summed E-state index contributed by atoms with van der Waals surface area (Å²) in [6.45, 7) is 0. The van der Waals surface area contributed by atoms with Crippen molar-refractivity contribution in [1.82, 2.24) is 0 Å². The van der Waals surface area contributed by atoms with E-state index in [1.807, 2.05) is 23.9 Å². The van der Waals surface area contributed by atoms with Crippen molar-refractivity contribution in [3.63, 3.8) is 0 Å². The second-order valence-electron chi connectivity index (χ2n) is 3.41. The Hall–Kier alpha value is -0.830. The minimum Gasteiger partial charge on any atom is -0.508 e. The van der Waals surface area contributed by atoms with E-state index in [0.717, 1.165) is 12.2 Å². The Labute approximate surface area is 88.3 Å². The Morgan fingerprint density at radius 3 is 2.64 bits per heavy atom. The molecule has 1 aliphatic heterocycles. The summed E-state index contributed by atoms with van der Waals surface area (Å²) in [6, 6.07) is 6.93. The van der Waals surface area contributed by atoms with Gasteiger partial charge in [0.05, 0.1) is 0 Å². The lowest BCUT2D eigenvalue weighted by Gasteiger charge is -2.22. The highest BCUT2D eigenvalue weighted by molar-refractivity contribution is 7.99. The molecule has 0 aliphatic carbocycles. The monoisotopic (exact) mass is 210 g/mol. The third-order valence-corrected chi connectivity index (χ3v) is 3.47. The zero-order valence-corrected chi connectivity index (χ0v) is 8.80. The molecular weight excluding hydrogens is 196 g/mol. The van der Waals surface area contributed by atoms with Crippen molar-refractivity contribution in [1.29, 1.82) is 0 Å². The molecule has 0 unspecified atom stereocenters. The van der Waals surface area contributed by atoms with Gasteiger partial charge in [0.2, 0.25) is 0 Å². The van der Waals surface area contributed by atoms with E-state index >= 15 is 0 Å². The maximum absolute atomic E-state index is 9.10. The number of benzene rings is 1. The summed E-state index contributed by atoms with van der Waals surface area (Å²) in [5.41, 5.74) is 0.299. The predicted molar refractivity (Wildman–Crippen MR) is 58.8 cm³/mol. The van der Waals surface area contributed by atoms with Crippen LogP contribution in [0.3, 0.4) is 0 Å². The third kappa shape index (κ3) is 2.58. The first-order chi connectivity index (χ1) is 6.84. The van der Waals surface area contributed by atoms with Gasteiger partial charge in [-0.2, -0.15) is 0 Å². The van der Waals surface area contributed by atoms with E-state index in [4.69, 9.17) is 9.84 Å². The number of hydrogen-bond acceptors (Lipinski definition) is 3. The number of ether oxygens (including phenoxy) is 1. The summed E-state index contributed by atoms with van der Waals surface area (Å²) in [5.74, 6) is 2.33.